The highest BCUT2D eigenvalue weighted by Gasteiger charge is 2.69. The van der Waals surface area contributed by atoms with Gasteiger partial charge in [0.25, 0.3) is 10.8 Å². The van der Waals surface area contributed by atoms with E-state index in [0.717, 1.165) is 16.0 Å². The molecule has 0 N–H and O–H groups in total. The zero-order valence-electron chi connectivity index (χ0n) is 18.5. The average molecular weight is 497 g/mol. The highest BCUT2D eigenvalue weighted by molar-refractivity contribution is 7.94. The van der Waals surface area contributed by atoms with Crippen molar-refractivity contribution in [3.05, 3.63) is 88.4 Å². The minimum Gasteiger partial charge on any atom is -0.495 e. The molecule has 3 aromatic carbocycles. The first-order valence-corrected chi connectivity index (χ1v) is 12.6. The second-order valence-corrected chi connectivity index (χ2v) is 10.9. The molecule has 5 rings (SSSR count). The van der Waals surface area contributed by atoms with E-state index in [9.17, 15) is 18.0 Å². The van der Waals surface area contributed by atoms with Gasteiger partial charge in [0.1, 0.15) is 11.5 Å². The molecule has 3 aromatic rings. The molecule has 2 amide bonds. The van der Waals surface area contributed by atoms with Crippen LogP contribution in [0, 0.1) is 6.92 Å². The number of anilines is 2. The number of carbonyl (C=O) groups excluding carboxylic acids is 2. The largest absolute Gasteiger partial charge is 0.495 e. The molecule has 0 unspecified atom stereocenters. The van der Waals surface area contributed by atoms with Gasteiger partial charge in [0.05, 0.1) is 24.4 Å². The van der Waals surface area contributed by atoms with E-state index in [-0.39, 0.29) is 22.8 Å². The number of methoxy groups -OCH3 is 1. The molecule has 2 heterocycles. The SMILES string of the molecule is COc1ccc(N2C(=O)CS(=O)(=O)[C@]23C(=O)N(Cc2cccc(C)c2)c2ccccc23)cc1Cl. The van der Waals surface area contributed by atoms with Crippen molar-refractivity contribution in [3.63, 3.8) is 0 Å². The van der Waals surface area contributed by atoms with E-state index in [1.807, 2.05) is 31.2 Å². The molecule has 1 atom stereocenters. The van der Waals surface area contributed by atoms with E-state index in [4.69, 9.17) is 16.3 Å². The van der Waals surface area contributed by atoms with Crippen molar-refractivity contribution in [1.82, 2.24) is 0 Å². The Balaban J connectivity index is 1.73. The molecule has 0 saturated carbocycles. The average Bonchev–Trinajstić information content (AvgIpc) is 3.16. The Hall–Kier alpha value is -3.36. The molecule has 2 aliphatic heterocycles. The fraction of sp³-hybridized carbons (Fsp3) is 0.200. The van der Waals surface area contributed by atoms with Crippen LogP contribution in [-0.2, 0) is 30.8 Å². The van der Waals surface area contributed by atoms with Crippen LogP contribution in [0.3, 0.4) is 0 Å². The summed E-state index contributed by atoms with van der Waals surface area (Å²) in [5.74, 6) is -1.79. The maximum Gasteiger partial charge on any atom is 0.274 e. The van der Waals surface area contributed by atoms with Crippen molar-refractivity contribution in [2.45, 2.75) is 18.3 Å². The van der Waals surface area contributed by atoms with Gasteiger partial charge in [-0.3, -0.25) is 14.5 Å². The van der Waals surface area contributed by atoms with Crippen LogP contribution in [0.15, 0.2) is 66.7 Å². The summed E-state index contributed by atoms with van der Waals surface area (Å²) in [6, 6.07) is 18.9. The number of fused-ring (bicyclic) bond motifs is 2. The van der Waals surface area contributed by atoms with Gasteiger partial charge < -0.3 is 9.64 Å². The summed E-state index contributed by atoms with van der Waals surface area (Å²) in [5.41, 5.74) is 2.78. The van der Waals surface area contributed by atoms with Crippen LogP contribution in [-0.4, -0.2) is 33.1 Å². The molecule has 7 nitrogen and oxygen atoms in total. The van der Waals surface area contributed by atoms with Gasteiger partial charge in [-0.1, -0.05) is 59.6 Å². The Bertz CT molecular complexity index is 1460. The van der Waals surface area contributed by atoms with Crippen LogP contribution in [0.4, 0.5) is 11.4 Å². The second kappa shape index (κ2) is 7.85. The van der Waals surface area contributed by atoms with Gasteiger partial charge in [-0.25, -0.2) is 8.42 Å². The normalized spacial score (nSPS) is 20.8. The number of hydrogen-bond acceptors (Lipinski definition) is 5. The van der Waals surface area contributed by atoms with E-state index >= 15 is 0 Å². The molecule has 1 fully saturated rings. The van der Waals surface area contributed by atoms with Gasteiger partial charge in [0.2, 0.25) is 5.91 Å². The molecule has 0 aliphatic carbocycles. The second-order valence-electron chi connectivity index (χ2n) is 8.35. The van der Waals surface area contributed by atoms with Gasteiger partial charge >= 0.3 is 0 Å². The number of hydrogen-bond donors (Lipinski definition) is 0. The minimum atomic E-state index is -4.25. The maximum atomic E-state index is 14.1. The topological polar surface area (TPSA) is 84.0 Å². The number of rotatable bonds is 4. The van der Waals surface area contributed by atoms with Crippen molar-refractivity contribution < 1.29 is 22.7 Å². The zero-order chi connectivity index (χ0) is 24.3. The lowest BCUT2D eigenvalue weighted by molar-refractivity contribution is -0.123. The summed E-state index contributed by atoms with van der Waals surface area (Å²) in [7, 11) is -2.79. The van der Waals surface area contributed by atoms with Crippen LogP contribution < -0.4 is 14.5 Å². The number of amides is 2. The molecule has 0 radical (unpaired) electrons. The van der Waals surface area contributed by atoms with Crippen LogP contribution in [0.1, 0.15) is 16.7 Å². The molecule has 34 heavy (non-hydrogen) atoms. The first-order valence-electron chi connectivity index (χ1n) is 10.6. The van der Waals surface area contributed by atoms with Crippen molar-refractivity contribution in [2.75, 3.05) is 22.7 Å². The molecule has 0 bridgehead atoms. The molecule has 1 spiro atoms. The molecule has 0 aromatic heterocycles. The van der Waals surface area contributed by atoms with E-state index in [0.29, 0.717) is 11.4 Å². The standard InChI is InChI=1S/C25H21ClN2O5S/c1-16-6-5-7-17(12-16)14-27-21-9-4-3-8-19(21)25(24(27)30)28(23(29)15-34(25,31)32)18-10-11-22(33-2)20(26)13-18/h3-13H,14-15H2,1-2H3/t25-/m1/s1. The molecule has 1 saturated heterocycles. The van der Waals surface area contributed by atoms with E-state index in [1.54, 1.807) is 30.3 Å². The lowest BCUT2D eigenvalue weighted by Crippen LogP contribution is -2.54. The predicted octanol–water partition coefficient (Wildman–Crippen LogP) is 3.82. The monoisotopic (exact) mass is 496 g/mol. The van der Waals surface area contributed by atoms with E-state index in [1.165, 1.54) is 24.1 Å². The third-order valence-corrected chi connectivity index (χ3v) is 8.64. The van der Waals surface area contributed by atoms with Crippen LogP contribution >= 0.6 is 11.6 Å². The van der Waals surface area contributed by atoms with Crippen LogP contribution in [0.2, 0.25) is 5.02 Å². The minimum absolute atomic E-state index is 0.167. The molecular weight excluding hydrogens is 476 g/mol. The van der Waals surface area contributed by atoms with Gasteiger partial charge in [-0.15, -0.1) is 0 Å². The highest BCUT2D eigenvalue weighted by atomic mass is 35.5. The number of para-hydroxylation sites is 1. The van der Waals surface area contributed by atoms with E-state index in [2.05, 4.69) is 0 Å². The highest BCUT2D eigenvalue weighted by Crippen LogP contribution is 2.53. The van der Waals surface area contributed by atoms with E-state index < -0.39 is 32.3 Å². The Morgan fingerprint density at radius 1 is 1.03 bits per heavy atom. The van der Waals surface area contributed by atoms with Crippen molar-refractivity contribution in [2.24, 2.45) is 0 Å². The van der Waals surface area contributed by atoms with Gasteiger partial charge in [0.15, 0.2) is 9.84 Å². The van der Waals surface area contributed by atoms with Gasteiger partial charge in [-0.05, 0) is 36.8 Å². The molecular formula is C25H21ClN2O5S. The number of halogens is 1. The zero-order valence-corrected chi connectivity index (χ0v) is 20.1. The third-order valence-electron chi connectivity index (χ3n) is 6.24. The lowest BCUT2D eigenvalue weighted by Gasteiger charge is -2.32. The van der Waals surface area contributed by atoms with Gasteiger partial charge in [0, 0.05) is 11.3 Å². The van der Waals surface area contributed by atoms with Crippen LogP contribution in [0.5, 0.6) is 5.75 Å². The van der Waals surface area contributed by atoms with Gasteiger partial charge in [-0.2, -0.15) is 0 Å². The Kier molecular flexibility index (Phi) is 5.18. The Morgan fingerprint density at radius 3 is 2.50 bits per heavy atom. The van der Waals surface area contributed by atoms with Crippen molar-refractivity contribution >= 4 is 44.6 Å². The number of sulfone groups is 1. The summed E-state index contributed by atoms with van der Waals surface area (Å²) < 4.78 is 32.5. The quantitative estimate of drug-likeness (QED) is 0.548. The third kappa shape index (κ3) is 3.05. The number of nitrogens with zero attached hydrogens (tertiary/aromatic N) is 2. The summed E-state index contributed by atoms with van der Waals surface area (Å²) in [6.45, 7) is 2.11. The molecule has 2 aliphatic rings. The molecule has 9 heteroatoms. The summed E-state index contributed by atoms with van der Waals surface area (Å²) in [4.78, 5) is 27.6. The number of carbonyl (C=O) groups is 2. The smallest absolute Gasteiger partial charge is 0.274 e. The first-order chi connectivity index (χ1) is 16.2. The van der Waals surface area contributed by atoms with Crippen molar-refractivity contribution in [3.8, 4) is 5.75 Å². The Labute approximate surface area is 202 Å². The first kappa shape index (κ1) is 22.4. The maximum absolute atomic E-state index is 14.1. The Morgan fingerprint density at radius 2 is 1.79 bits per heavy atom. The predicted molar refractivity (Wildman–Crippen MR) is 130 cm³/mol. The summed E-state index contributed by atoms with van der Waals surface area (Å²) in [5, 5.41) is 0.197. The summed E-state index contributed by atoms with van der Waals surface area (Å²) in [6.07, 6.45) is 0. The van der Waals surface area contributed by atoms with Crippen molar-refractivity contribution in [1.29, 1.82) is 0 Å². The molecule has 174 valence electrons. The number of benzene rings is 3. The fourth-order valence-electron chi connectivity index (χ4n) is 4.84. The summed E-state index contributed by atoms with van der Waals surface area (Å²) >= 11 is 6.30. The fourth-order valence-corrected chi connectivity index (χ4v) is 7.12. The number of aryl methyl sites for hydroxylation is 1. The number of ether oxygens (including phenoxy) is 1. The lowest BCUT2D eigenvalue weighted by atomic mass is 10.0. The van der Waals surface area contributed by atoms with Crippen LogP contribution in [0.25, 0.3) is 0 Å².